The summed E-state index contributed by atoms with van der Waals surface area (Å²) in [7, 11) is 3.08. The summed E-state index contributed by atoms with van der Waals surface area (Å²) in [5.74, 6) is 0.700. The van der Waals surface area contributed by atoms with Crippen molar-refractivity contribution in [1.82, 2.24) is 5.32 Å². The van der Waals surface area contributed by atoms with Gasteiger partial charge in [0.05, 0.1) is 14.2 Å². The smallest absolute Gasteiger partial charge is 0.262 e. The van der Waals surface area contributed by atoms with E-state index in [0.717, 1.165) is 5.56 Å². The Labute approximate surface area is 141 Å². The van der Waals surface area contributed by atoms with Crippen LogP contribution in [0.3, 0.4) is 0 Å². The first-order chi connectivity index (χ1) is 11.7. The molecule has 2 rings (SSSR count). The number of hydrogen-bond donors (Lipinski definition) is 1. The summed E-state index contributed by atoms with van der Waals surface area (Å²) in [4.78, 5) is 12.2. The molecule has 0 heterocycles. The lowest BCUT2D eigenvalue weighted by molar-refractivity contribution is -0.117. The SMILES string of the molecule is COc1ccc(C=C(C#N)C(=O)NCc2ccccc2)cc1OC. The predicted octanol–water partition coefficient (Wildman–Crippen LogP) is 2.93. The standard InChI is InChI=1S/C19H18N2O3/c1-23-17-9-8-15(11-18(17)24-2)10-16(12-20)19(22)21-13-14-6-4-3-5-7-14/h3-11H,13H2,1-2H3,(H,21,22). The van der Waals surface area contributed by atoms with Gasteiger partial charge in [0.1, 0.15) is 11.6 Å². The second-order valence-corrected chi connectivity index (χ2v) is 4.95. The van der Waals surface area contributed by atoms with Gasteiger partial charge < -0.3 is 14.8 Å². The largest absolute Gasteiger partial charge is 0.493 e. The van der Waals surface area contributed by atoms with Gasteiger partial charge in [-0.3, -0.25) is 4.79 Å². The first-order valence-electron chi connectivity index (χ1n) is 7.34. The Balaban J connectivity index is 2.13. The third-order valence-electron chi connectivity index (χ3n) is 3.38. The Morgan fingerprint density at radius 1 is 1.12 bits per heavy atom. The van der Waals surface area contributed by atoms with Crippen molar-refractivity contribution in [2.24, 2.45) is 0 Å². The molecular weight excluding hydrogens is 304 g/mol. The fourth-order valence-corrected chi connectivity index (χ4v) is 2.13. The van der Waals surface area contributed by atoms with Crippen molar-refractivity contribution >= 4 is 12.0 Å². The number of amides is 1. The Kier molecular flexibility index (Phi) is 5.98. The molecule has 0 unspecified atom stereocenters. The van der Waals surface area contributed by atoms with E-state index in [1.54, 1.807) is 25.3 Å². The number of carbonyl (C=O) groups is 1. The number of benzene rings is 2. The highest BCUT2D eigenvalue weighted by atomic mass is 16.5. The van der Waals surface area contributed by atoms with E-state index in [1.165, 1.54) is 13.2 Å². The second kappa shape index (κ2) is 8.39. The van der Waals surface area contributed by atoms with E-state index in [2.05, 4.69) is 5.32 Å². The van der Waals surface area contributed by atoms with Crippen molar-refractivity contribution in [2.45, 2.75) is 6.54 Å². The summed E-state index contributed by atoms with van der Waals surface area (Å²) >= 11 is 0. The van der Waals surface area contributed by atoms with Crippen LogP contribution in [0.4, 0.5) is 0 Å². The third-order valence-corrected chi connectivity index (χ3v) is 3.38. The topological polar surface area (TPSA) is 71.3 Å². The minimum Gasteiger partial charge on any atom is -0.493 e. The molecule has 0 radical (unpaired) electrons. The molecule has 0 saturated heterocycles. The lowest BCUT2D eigenvalue weighted by Crippen LogP contribution is -2.23. The fraction of sp³-hybridized carbons (Fsp3) is 0.158. The first kappa shape index (κ1) is 17.1. The van der Waals surface area contributed by atoms with Crippen LogP contribution in [0.2, 0.25) is 0 Å². The maximum Gasteiger partial charge on any atom is 0.262 e. The van der Waals surface area contributed by atoms with Crippen molar-refractivity contribution in [1.29, 1.82) is 5.26 Å². The highest BCUT2D eigenvalue weighted by Gasteiger charge is 2.10. The molecule has 0 aliphatic heterocycles. The summed E-state index contributed by atoms with van der Waals surface area (Å²) in [5.41, 5.74) is 1.67. The number of hydrogen-bond acceptors (Lipinski definition) is 4. The van der Waals surface area contributed by atoms with Crippen LogP contribution in [0, 0.1) is 11.3 Å². The van der Waals surface area contributed by atoms with Crippen LogP contribution < -0.4 is 14.8 Å². The molecule has 122 valence electrons. The van der Waals surface area contributed by atoms with E-state index in [9.17, 15) is 10.1 Å². The van der Waals surface area contributed by atoms with Crippen molar-refractivity contribution in [2.75, 3.05) is 14.2 Å². The van der Waals surface area contributed by atoms with Gasteiger partial charge in [-0.05, 0) is 29.3 Å². The molecule has 0 aromatic heterocycles. The van der Waals surface area contributed by atoms with Crippen LogP contribution in [0.5, 0.6) is 11.5 Å². The Morgan fingerprint density at radius 3 is 2.46 bits per heavy atom. The van der Waals surface area contributed by atoms with E-state index in [0.29, 0.717) is 23.6 Å². The minimum absolute atomic E-state index is 0.0261. The number of nitrogens with one attached hydrogen (secondary N) is 1. The Morgan fingerprint density at radius 2 is 1.83 bits per heavy atom. The third kappa shape index (κ3) is 4.37. The average Bonchev–Trinajstić information content (AvgIpc) is 2.64. The summed E-state index contributed by atoms with van der Waals surface area (Å²) in [6.45, 7) is 0.366. The summed E-state index contributed by atoms with van der Waals surface area (Å²) in [6.07, 6.45) is 1.52. The Bertz CT molecular complexity index is 777. The number of ether oxygens (including phenoxy) is 2. The van der Waals surface area contributed by atoms with E-state index in [1.807, 2.05) is 36.4 Å². The molecule has 2 aromatic carbocycles. The highest BCUT2D eigenvalue weighted by Crippen LogP contribution is 2.28. The van der Waals surface area contributed by atoms with Crippen LogP contribution in [0.25, 0.3) is 6.08 Å². The van der Waals surface area contributed by atoms with Crippen molar-refractivity contribution in [3.05, 3.63) is 65.2 Å². The van der Waals surface area contributed by atoms with E-state index < -0.39 is 5.91 Å². The monoisotopic (exact) mass is 322 g/mol. The maximum absolute atomic E-state index is 12.2. The van der Waals surface area contributed by atoms with Crippen molar-refractivity contribution in [3.8, 4) is 17.6 Å². The van der Waals surface area contributed by atoms with Gasteiger partial charge in [-0.15, -0.1) is 0 Å². The summed E-state index contributed by atoms with van der Waals surface area (Å²) in [6, 6.07) is 16.6. The van der Waals surface area contributed by atoms with Gasteiger partial charge in [-0.1, -0.05) is 36.4 Å². The van der Waals surface area contributed by atoms with Crippen molar-refractivity contribution in [3.63, 3.8) is 0 Å². The number of methoxy groups -OCH3 is 2. The van der Waals surface area contributed by atoms with Gasteiger partial charge in [0.15, 0.2) is 11.5 Å². The quantitative estimate of drug-likeness (QED) is 0.655. The lowest BCUT2D eigenvalue weighted by Gasteiger charge is -2.08. The van der Waals surface area contributed by atoms with Crippen LogP contribution in [0.15, 0.2) is 54.1 Å². The molecule has 2 aromatic rings. The molecule has 0 saturated carbocycles. The second-order valence-electron chi connectivity index (χ2n) is 4.95. The number of nitrogens with zero attached hydrogens (tertiary/aromatic N) is 1. The van der Waals surface area contributed by atoms with Gasteiger partial charge in [-0.2, -0.15) is 5.26 Å². The zero-order chi connectivity index (χ0) is 17.4. The van der Waals surface area contributed by atoms with Gasteiger partial charge >= 0.3 is 0 Å². The first-order valence-corrected chi connectivity index (χ1v) is 7.34. The van der Waals surface area contributed by atoms with Gasteiger partial charge in [-0.25, -0.2) is 0 Å². The maximum atomic E-state index is 12.2. The molecular formula is C19H18N2O3. The van der Waals surface area contributed by atoms with E-state index in [-0.39, 0.29) is 5.57 Å². The molecule has 0 aliphatic rings. The van der Waals surface area contributed by atoms with E-state index >= 15 is 0 Å². The highest BCUT2D eigenvalue weighted by molar-refractivity contribution is 6.01. The molecule has 0 spiro atoms. The van der Waals surface area contributed by atoms with E-state index in [4.69, 9.17) is 9.47 Å². The molecule has 0 bridgehead atoms. The Hall–Kier alpha value is -3.26. The molecule has 24 heavy (non-hydrogen) atoms. The van der Waals surface area contributed by atoms with Crippen LogP contribution in [-0.2, 0) is 11.3 Å². The number of rotatable bonds is 6. The zero-order valence-electron chi connectivity index (χ0n) is 13.6. The lowest BCUT2D eigenvalue weighted by atomic mass is 10.1. The van der Waals surface area contributed by atoms with Gasteiger partial charge in [0, 0.05) is 6.54 Å². The van der Waals surface area contributed by atoms with Crippen LogP contribution >= 0.6 is 0 Å². The minimum atomic E-state index is -0.420. The molecule has 1 amide bonds. The normalized spacial score (nSPS) is 10.6. The average molecular weight is 322 g/mol. The number of carbonyl (C=O) groups excluding carboxylic acids is 1. The summed E-state index contributed by atoms with van der Waals surface area (Å²) in [5, 5.41) is 12.0. The molecule has 0 aliphatic carbocycles. The zero-order valence-corrected chi connectivity index (χ0v) is 13.6. The van der Waals surface area contributed by atoms with Gasteiger partial charge in [0.25, 0.3) is 5.91 Å². The molecule has 0 atom stereocenters. The van der Waals surface area contributed by atoms with Crippen LogP contribution in [-0.4, -0.2) is 20.1 Å². The van der Waals surface area contributed by atoms with Crippen LogP contribution in [0.1, 0.15) is 11.1 Å². The number of nitriles is 1. The fourth-order valence-electron chi connectivity index (χ4n) is 2.13. The molecule has 5 heteroatoms. The molecule has 1 N–H and O–H groups in total. The van der Waals surface area contributed by atoms with Gasteiger partial charge in [0.2, 0.25) is 0 Å². The van der Waals surface area contributed by atoms with Crippen molar-refractivity contribution < 1.29 is 14.3 Å². The predicted molar refractivity (Wildman–Crippen MR) is 91.4 cm³/mol. The summed E-state index contributed by atoms with van der Waals surface area (Å²) < 4.78 is 10.4. The molecule has 5 nitrogen and oxygen atoms in total. The molecule has 0 fully saturated rings.